The number of nitrogens with zero attached hydrogens (tertiary/aromatic N) is 3. The van der Waals surface area contributed by atoms with Gasteiger partial charge in [-0.25, -0.2) is 4.79 Å². The predicted octanol–water partition coefficient (Wildman–Crippen LogP) is 1.86. The van der Waals surface area contributed by atoms with Gasteiger partial charge in [-0.2, -0.15) is 5.10 Å². The van der Waals surface area contributed by atoms with Gasteiger partial charge in [-0.15, -0.1) is 12.4 Å². The number of carbonyl (C=O) groups is 1. The van der Waals surface area contributed by atoms with Crippen LogP contribution in [0.15, 0.2) is 6.07 Å². The minimum atomic E-state index is -0.924. The van der Waals surface area contributed by atoms with Crippen LogP contribution in [0.4, 0.5) is 0 Å². The Morgan fingerprint density at radius 3 is 2.39 bits per heavy atom. The van der Waals surface area contributed by atoms with Gasteiger partial charge in [0.05, 0.1) is 12.2 Å². The van der Waals surface area contributed by atoms with Crippen molar-refractivity contribution >= 4 is 18.4 Å². The minimum absolute atomic E-state index is 0. The molecule has 0 unspecified atom stereocenters. The Labute approximate surface area is 114 Å². The zero-order valence-electron chi connectivity index (χ0n) is 11.6. The summed E-state index contributed by atoms with van der Waals surface area (Å²) in [5.41, 5.74) is 0.943. The second-order valence-corrected chi connectivity index (χ2v) is 5.50. The van der Waals surface area contributed by atoms with Gasteiger partial charge < -0.3 is 10.0 Å². The van der Waals surface area contributed by atoms with Crippen LogP contribution < -0.4 is 0 Å². The monoisotopic (exact) mass is 275 g/mol. The SMILES string of the molecule is CN(C)CCn1nc(C(C)(C)C)cc1C(=O)O.Cl. The van der Waals surface area contributed by atoms with Crippen LogP contribution in [0.5, 0.6) is 0 Å². The third-order valence-corrected chi connectivity index (χ3v) is 2.53. The number of aromatic carboxylic acids is 1. The fourth-order valence-corrected chi connectivity index (χ4v) is 1.42. The summed E-state index contributed by atoms with van der Waals surface area (Å²) in [6.45, 7) is 7.43. The van der Waals surface area contributed by atoms with E-state index < -0.39 is 5.97 Å². The van der Waals surface area contributed by atoms with Gasteiger partial charge >= 0.3 is 5.97 Å². The number of likely N-dealkylation sites (N-methyl/N-ethyl adjacent to an activating group) is 1. The molecule has 5 nitrogen and oxygen atoms in total. The Hall–Kier alpha value is -1.07. The topological polar surface area (TPSA) is 58.4 Å². The molecular formula is C12H22ClN3O2. The van der Waals surface area contributed by atoms with E-state index >= 15 is 0 Å². The van der Waals surface area contributed by atoms with Gasteiger partial charge in [0.15, 0.2) is 0 Å². The maximum absolute atomic E-state index is 11.1. The van der Waals surface area contributed by atoms with E-state index in [1.165, 1.54) is 0 Å². The highest BCUT2D eigenvalue weighted by atomic mass is 35.5. The first-order valence-corrected chi connectivity index (χ1v) is 5.68. The van der Waals surface area contributed by atoms with Gasteiger partial charge in [0, 0.05) is 12.0 Å². The molecule has 0 amide bonds. The van der Waals surface area contributed by atoms with Crippen molar-refractivity contribution in [2.45, 2.75) is 32.7 Å². The highest BCUT2D eigenvalue weighted by Crippen LogP contribution is 2.21. The molecular weight excluding hydrogens is 254 g/mol. The number of halogens is 1. The average molecular weight is 276 g/mol. The van der Waals surface area contributed by atoms with Crippen molar-refractivity contribution < 1.29 is 9.90 Å². The second kappa shape index (κ2) is 6.20. The average Bonchev–Trinajstić information content (AvgIpc) is 2.57. The molecule has 18 heavy (non-hydrogen) atoms. The van der Waals surface area contributed by atoms with Crippen molar-refractivity contribution in [3.8, 4) is 0 Å². The third kappa shape index (κ3) is 4.31. The molecule has 1 heterocycles. The van der Waals surface area contributed by atoms with Crippen molar-refractivity contribution in [3.05, 3.63) is 17.5 Å². The van der Waals surface area contributed by atoms with Gasteiger partial charge in [-0.3, -0.25) is 4.68 Å². The zero-order chi connectivity index (χ0) is 13.2. The number of carboxylic acids is 1. The molecule has 0 aliphatic rings. The molecule has 0 saturated carbocycles. The van der Waals surface area contributed by atoms with Gasteiger partial charge in [0.25, 0.3) is 0 Å². The van der Waals surface area contributed by atoms with E-state index in [1.807, 2.05) is 39.8 Å². The molecule has 0 atom stereocenters. The number of hydrogen-bond acceptors (Lipinski definition) is 3. The summed E-state index contributed by atoms with van der Waals surface area (Å²) < 4.78 is 1.57. The maximum Gasteiger partial charge on any atom is 0.354 e. The molecule has 104 valence electrons. The molecule has 0 fully saturated rings. The number of hydrogen-bond donors (Lipinski definition) is 1. The van der Waals surface area contributed by atoms with Crippen LogP contribution in [0, 0.1) is 0 Å². The highest BCUT2D eigenvalue weighted by molar-refractivity contribution is 5.86. The van der Waals surface area contributed by atoms with Gasteiger partial charge in [0.2, 0.25) is 0 Å². The standard InChI is InChI=1S/C12H21N3O2.ClH/c1-12(2,3)10-8-9(11(16)17)15(13-10)7-6-14(4)5;/h8H,6-7H2,1-5H3,(H,16,17);1H. The molecule has 1 rings (SSSR count). The van der Waals surface area contributed by atoms with Crippen molar-refractivity contribution in [2.24, 2.45) is 0 Å². The predicted molar refractivity (Wildman–Crippen MR) is 73.7 cm³/mol. The van der Waals surface area contributed by atoms with E-state index in [2.05, 4.69) is 5.10 Å². The summed E-state index contributed by atoms with van der Waals surface area (Å²) >= 11 is 0. The molecule has 0 aromatic carbocycles. The largest absolute Gasteiger partial charge is 0.477 e. The van der Waals surface area contributed by atoms with Gasteiger partial charge in [-0.05, 0) is 20.2 Å². The summed E-state index contributed by atoms with van der Waals surface area (Å²) in [5.74, 6) is -0.924. The summed E-state index contributed by atoms with van der Waals surface area (Å²) in [5, 5.41) is 13.5. The second-order valence-electron chi connectivity index (χ2n) is 5.50. The molecule has 1 aromatic heterocycles. The van der Waals surface area contributed by atoms with E-state index in [-0.39, 0.29) is 23.5 Å². The molecule has 0 aliphatic heterocycles. The van der Waals surface area contributed by atoms with Gasteiger partial charge in [-0.1, -0.05) is 20.8 Å². The first-order valence-electron chi connectivity index (χ1n) is 5.68. The Balaban J connectivity index is 0.00000289. The lowest BCUT2D eigenvalue weighted by Gasteiger charge is -2.14. The Morgan fingerprint density at radius 2 is 2.00 bits per heavy atom. The fraction of sp³-hybridized carbons (Fsp3) is 0.667. The Morgan fingerprint density at radius 1 is 1.44 bits per heavy atom. The fourth-order valence-electron chi connectivity index (χ4n) is 1.42. The Bertz CT molecular complexity index is 408. The van der Waals surface area contributed by atoms with Gasteiger partial charge in [0.1, 0.15) is 5.69 Å². The number of rotatable bonds is 4. The first kappa shape index (κ1) is 16.9. The van der Waals surface area contributed by atoms with Crippen molar-refractivity contribution in [3.63, 3.8) is 0 Å². The lowest BCUT2D eigenvalue weighted by Crippen LogP contribution is -2.21. The molecule has 1 aromatic rings. The smallest absolute Gasteiger partial charge is 0.354 e. The molecule has 0 saturated heterocycles. The van der Waals surface area contributed by atoms with E-state index in [0.717, 1.165) is 12.2 Å². The van der Waals surface area contributed by atoms with Crippen LogP contribution in [0.3, 0.4) is 0 Å². The summed E-state index contributed by atoms with van der Waals surface area (Å²) in [4.78, 5) is 13.1. The molecule has 0 aliphatic carbocycles. The number of carboxylic acid groups (broad SMARTS) is 1. The zero-order valence-corrected chi connectivity index (χ0v) is 12.4. The van der Waals surface area contributed by atoms with Crippen LogP contribution in [0.1, 0.15) is 37.0 Å². The number of aromatic nitrogens is 2. The van der Waals surface area contributed by atoms with E-state index in [1.54, 1.807) is 10.7 Å². The highest BCUT2D eigenvalue weighted by Gasteiger charge is 2.22. The minimum Gasteiger partial charge on any atom is -0.477 e. The lowest BCUT2D eigenvalue weighted by atomic mass is 9.92. The molecule has 0 radical (unpaired) electrons. The lowest BCUT2D eigenvalue weighted by molar-refractivity contribution is 0.0682. The first-order chi connectivity index (χ1) is 7.71. The quantitative estimate of drug-likeness (QED) is 0.911. The van der Waals surface area contributed by atoms with E-state index in [9.17, 15) is 4.79 Å². The molecule has 1 N–H and O–H groups in total. The van der Waals surface area contributed by atoms with Crippen molar-refractivity contribution in [1.29, 1.82) is 0 Å². The van der Waals surface area contributed by atoms with Crippen LogP contribution in [0.25, 0.3) is 0 Å². The van der Waals surface area contributed by atoms with Crippen LogP contribution in [-0.4, -0.2) is 46.4 Å². The third-order valence-electron chi connectivity index (χ3n) is 2.53. The van der Waals surface area contributed by atoms with Crippen molar-refractivity contribution in [2.75, 3.05) is 20.6 Å². The summed E-state index contributed by atoms with van der Waals surface area (Å²) in [7, 11) is 3.91. The van der Waals surface area contributed by atoms with Crippen LogP contribution in [0.2, 0.25) is 0 Å². The Kier molecular flexibility index (Phi) is 5.83. The van der Waals surface area contributed by atoms with E-state index in [4.69, 9.17) is 5.11 Å². The summed E-state index contributed by atoms with van der Waals surface area (Å²) in [6, 6.07) is 1.66. The van der Waals surface area contributed by atoms with Crippen LogP contribution >= 0.6 is 12.4 Å². The van der Waals surface area contributed by atoms with E-state index in [0.29, 0.717) is 6.54 Å². The van der Waals surface area contributed by atoms with Crippen LogP contribution in [-0.2, 0) is 12.0 Å². The van der Waals surface area contributed by atoms with Crippen molar-refractivity contribution in [1.82, 2.24) is 14.7 Å². The molecule has 0 bridgehead atoms. The maximum atomic E-state index is 11.1. The normalized spacial score (nSPS) is 11.4. The molecule has 6 heteroatoms. The molecule has 0 spiro atoms. The summed E-state index contributed by atoms with van der Waals surface area (Å²) in [6.07, 6.45) is 0.